The van der Waals surface area contributed by atoms with Gasteiger partial charge in [-0.1, -0.05) is 6.07 Å². The molecule has 7 heteroatoms. The van der Waals surface area contributed by atoms with Gasteiger partial charge in [0.2, 0.25) is 0 Å². The number of aromatic nitrogens is 1. The average molecular weight is 311 g/mol. The first-order valence-electron chi connectivity index (χ1n) is 5.76. The van der Waals surface area contributed by atoms with Gasteiger partial charge in [-0.2, -0.15) is 0 Å². The Morgan fingerprint density at radius 3 is 2.55 bits per heavy atom. The lowest BCUT2D eigenvalue weighted by molar-refractivity contribution is 0.0696. The van der Waals surface area contributed by atoms with Gasteiger partial charge in [0.15, 0.2) is 9.84 Å². The Balaban J connectivity index is 2.51. The maximum Gasteiger partial charge on any atom is 0.335 e. The molecule has 0 saturated heterocycles. The van der Waals surface area contributed by atoms with Crippen molar-refractivity contribution in [2.24, 2.45) is 0 Å². The summed E-state index contributed by atoms with van der Waals surface area (Å²) in [7, 11) is -3.58. The molecule has 1 N–H and O–H groups in total. The molecule has 0 aliphatic heterocycles. The Kier molecular flexibility index (Phi) is 3.92. The van der Waals surface area contributed by atoms with Crippen molar-refractivity contribution in [3.8, 4) is 0 Å². The minimum Gasteiger partial charge on any atom is -0.478 e. The summed E-state index contributed by atoms with van der Waals surface area (Å²) in [6.45, 7) is 3.31. The Morgan fingerprint density at radius 2 is 2.00 bits per heavy atom. The van der Waals surface area contributed by atoms with E-state index in [-0.39, 0.29) is 16.2 Å². The van der Waals surface area contributed by atoms with Gasteiger partial charge in [-0.05, 0) is 31.0 Å². The fourth-order valence-corrected chi connectivity index (χ4v) is 4.54. The lowest BCUT2D eigenvalue weighted by atomic mass is 10.1. The fourth-order valence-electron chi connectivity index (χ4n) is 1.98. The van der Waals surface area contributed by atoms with Gasteiger partial charge in [-0.25, -0.2) is 13.2 Å². The van der Waals surface area contributed by atoms with Gasteiger partial charge in [0.05, 0.1) is 21.7 Å². The Labute approximate surface area is 120 Å². The third-order valence-corrected chi connectivity index (χ3v) is 5.67. The van der Waals surface area contributed by atoms with Crippen LogP contribution in [-0.4, -0.2) is 24.5 Å². The van der Waals surface area contributed by atoms with Crippen LogP contribution < -0.4 is 0 Å². The van der Waals surface area contributed by atoms with E-state index in [2.05, 4.69) is 4.98 Å². The smallest absolute Gasteiger partial charge is 0.335 e. The lowest BCUT2D eigenvalue weighted by Crippen LogP contribution is -2.09. The van der Waals surface area contributed by atoms with Gasteiger partial charge in [0.1, 0.15) is 0 Å². The molecule has 20 heavy (non-hydrogen) atoms. The molecule has 0 atom stereocenters. The monoisotopic (exact) mass is 311 g/mol. The van der Waals surface area contributed by atoms with Crippen LogP contribution in [0.4, 0.5) is 0 Å². The molecule has 0 bridgehead atoms. The summed E-state index contributed by atoms with van der Waals surface area (Å²) in [6.07, 6.45) is 1.50. The van der Waals surface area contributed by atoms with Gasteiger partial charge in [-0.3, -0.25) is 4.98 Å². The topological polar surface area (TPSA) is 84.3 Å². The van der Waals surface area contributed by atoms with E-state index in [1.54, 1.807) is 25.4 Å². The number of aryl methyl sites for hydroxylation is 2. The Hall–Kier alpha value is -1.73. The zero-order valence-electron chi connectivity index (χ0n) is 11.0. The van der Waals surface area contributed by atoms with Crippen LogP contribution in [-0.2, 0) is 15.6 Å². The van der Waals surface area contributed by atoms with E-state index in [9.17, 15) is 13.2 Å². The highest BCUT2D eigenvalue weighted by molar-refractivity contribution is 7.90. The molecule has 0 saturated carbocycles. The normalized spacial score (nSPS) is 11.5. The molecule has 0 fully saturated rings. The van der Waals surface area contributed by atoms with E-state index in [0.717, 1.165) is 0 Å². The molecule has 0 amide bonds. The molecule has 106 valence electrons. The van der Waals surface area contributed by atoms with Crippen molar-refractivity contribution >= 4 is 27.1 Å². The SMILES string of the molecule is Cc1cc(C)c(S(=O)(=O)Cc2cncs2)cc1C(=O)O. The van der Waals surface area contributed by atoms with Crippen molar-refractivity contribution in [1.82, 2.24) is 4.98 Å². The van der Waals surface area contributed by atoms with E-state index in [1.165, 1.54) is 23.6 Å². The molecule has 1 aromatic carbocycles. The van der Waals surface area contributed by atoms with Crippen LogP contribution in [0.3, 0.4) is 0 Å². The molecule has 1 heterocycles. The molecule has 1 aromatic heterocycles. The van der Waals surface area contributed by atoms with E-state index in [0.29, 0.717) is 16.0 Å². The summed E-state index contributed by atoms with van der Waals surface area (Å²) in [5.41, 5.74) is 2.68. The maximum absolute atomic E-state index is 12.4. The van der Waals surface area contributed by atoms with Crippen LogP contribution in [0.2, 0.25) is 0 Å². The standard InChI is InChI=1S/C13H13NO4S2/c1-8-3-9(2)12(4-11(8)13(15)16)20(17,18)6-10-5-14-7-19-10/h3-5,7H,6H2,1-2H3,(H,15,16). The number of thiazole rings is 1. The van der Waals surface area contributed by atoms with Crippen LogP contribution in [0.15, 0.2) is 28.7 Å². The Bertz CT molecular complexity index is 749. The summed E-state index contributed by atoms with van der Waals surface area (Å²) in [5, 5.41) is 9.10. The summed E-state index contributed by atoms with van der Waals surface area (Å²) in [4.78, 5) is 15.7. The minimum atomic E-state index is -3.58. The van der Waals surface area contributed by atoms with Crippen LogP contribution >= 0.6 is 11.3 Å². The first kappa shape index (κ1) is 14.7. The van der Waals surface area contributed by atoms with Gasteiger partial charge in [0, 0.05) is 11.1 Å². The van der Waals surface area contributed by atoms with Crippen molar-refractivity contribution in [2.75, 3.05) is 0 Å². The van der Waals surface area contributed by atoms with Crippen LogP contribution in [0.25, 0.3) is 0 Å². The lowest BCUT2D eigenvalue weighted by Gasteiger charge is -2.10. The molecule has 2 rings (SSSR count). The summed E-state index contributed by atoms with van der Waals surface area (Å²) in [5.74, 6) is -1.29. The second-order valence-electron chi connectivity index (χ2n) is 4.46. The summed E-state index contributed by atoms with van der Waals surface area (Å²) in [6, 6.07) is 2.83. The minimum absolute atomic E-state index is 0.0125. The first-order chi connectivity index (χ1) is 9.31. The maximum atomic E-state index is 12.4. The molecule has 0 spiro atoms. The van der Waals surface area contributed by atoms with E-state index in [4.69, 9.17) is 5.11 Å². The molecule has 0 aliphatic carbocycles. The van der Waals surface area contributed by atoms with E-state index in [1.807, 2.05) is 0 Å². The van der Waals surface area contributed by atoms with Crippen LogP contribution in [0, 0.1) is 13.8 Å². The van der Waals surface area contributed by atoms with Gasteiger partial charge in [0.25, 0.3) is 0 Å². The third kappa shape index (κ3) is 2.88. The van der Waals surface area contributed by atoms with Crippen molar-refractivity contribution in [3.63, 3.8) is 0 Å². The highest BCUT2D eigenvalue weighted by Gasteiger charge is 2.21. The van der Waals surface area contributed by atoms with Gasteiger partial charge in [-0.15, -0.1) is 11.3 Å². The second-order valence-corrected chi connectivity index (χ2v) is 7.39. The predicted molar refractivity (Wildman–Crippen MR) is 75.9 cm³/mol. The van der Waals surface area contributed by atoms with Gasteiger partial charge >= 0.3 is 5.97 Å². The van der Waals surface area contributed by atoms with Crippen LogP contribution in [0.5, 0.6) is 0 Å². The number of carboxylic acids is 1. The highest BCUT2D eigenvalue weighted by atomic mass is 32.2. The number of carbonyl (C=O) groups is 1. The van der Waals surface area contributed by atoms with Crippen molar-refractivity contribution < 1.29 is 18.3 Å². The number of hydrogen-bond donors (Lipinski definition) is 1. The van der Waals surface area contributed by atoms with E-state index < -0.39 is 15.8 Å². The highest BCUT2D eigenvalue weighted by Crippen LogP contribution is 2.25. The number of rotatable bonds is 4. The predicted octanol–water partition coefficient (Wildman–Crippen LogP) is 2.43. The summed E-state index contributed by atoms with van der Waals surface area (Å²) < 4.78 is 24.8. The molecular formula is C13H13NO4S2. The number of carboxylic acid groups (broad SMARTS) is 1. The van der Waals surface area contributed by atoms with E-state index >= 15 is 0 Å². The van der Waals surface area contributed by atoms with Crippen LogP contribution in [0.1, 0.15) is 26.4 Å². The van der Waals surface area contributed by atoms with Gasteiger partial charge < -0.3 is 5.11 Å². The molecule has 0 unspecified atom stereocenters. The zero-order chi connectivity index (χ0) is 14.9. The fraction of sp³-hybridized carbons (Fsp3) is 0.231. The molecule has 0 aliphatic rings. The third-order valence-electron chi connectivity index (χ3n) is 2.90. The van der Waals surface area contributed by atoms with Crippen molar-refractivity contribution in [3.05, 3.63) is 45.4 Å². The molecule has 5 nitrogen and oxygen atoms in total. The Morgan fingerprint density at radius 1 is 1.30 bits per heavy atom. The van der Waals surface area contributed by atoms with Crippen molar-refractivity contribution in [1.29, 1.82) is 0 Å². The number of nitrogens with zero attached hydrogens (tertiary/aromatic N) is 1. The van der Waals surface area contributed by atoms with Crippen molar-refractivity contribution in [2.45, 2.75) is 24.5 Å². The molecular weight excluding hydrogens is 298 g/mol. The molecule has 0 radical (unpaired) electrons. The second kappa shape index (κ2) is 5.34. The number of benzene rings is 1. The quantitative estimate of drug-likeness (QED) is 0.937. The first-order valence-corrected chi connectivity index (χ1v) is 8.29. The number of sulfone groups is 1. The zero-order valence-corrected chi connectivity index (χ0v) is 12.6. The average Bonchev–Trinajstić information content (AvgIpc) is 2.79. The largest absolute Gasteiger partial charge is 0.478 e. The number of aromatic carboxylic acids is 1. The summed E-state index contributed by atoms with van der Waals surface area (Å²) >= 11 is 1.26. The number of hydrogen-bond acceptors (Lipinski definition) is 5. The molecule has 2 aromatic rings.